The second-order valence-corrected chi connectivity index (χ2v) is 12.5. The van der Waals surface area contributed by atoms with Crippen LogP contribution in [0.4, 0.5) is 0 Å². The van der Waals surface area contributed by atoms with Gasteiger partial charge in [0.05, 0.1) is 8.07 Å². The fourth-order valence-corrected chi connectivity index (χ4v) is 10.3. The lowest BCUT2D eigenvalue weighted by Gasteiger charge is -2.32. The smallest absolute Gasteiger partial charge is 0.0620 e. The zero-order valence-corrected chi connectivity index (χ0v) is 12.7. The minimum Gasteiger partial charge on any atom is -0.0654 e. The van der Waals surface area contributed by atoms with Gasteiger partial charge in [-0.2, -0.15) is 0 Å². The van der Waals surface area contributed by atoms with Gasteiger partial charge in [-0.05, 0) is 16.5 Å². The third kappa shape index (κ3) is 2.86. The summed E-state index contributed by atoms with van der Waals surface area (Å²) in [5, 5.41) is 0.648. The van der Waals surface area contributed by atoms with Crippen molar-refractivity contribution in [3.63, 3.8) is 0 Å². The molecule has 1 aliphatic rings. The molecule has 0 bridgehead atoms. The van der Waals surface area contributed by atoms with E-state index in [0.717, 1.165) is 5.92 Å². The monoisotopic (exact) mass is 226 g/mol. The molecule has 1 rings (SSSR count). The molecule has 0 aromatic carbocycles. The van der Waals surface area contributed by atoms with Crippen LogP contribution in [0.25, 0.3) is 0 Å². The number of hydrogen-bond acceptors (Lipinski definition) is 0. The van der Waals surface area contributed by atoms with Gasteiger partial charge in [0.15, 0.2) is 0 Å². The van der Waals surface area contributed by atoms with Gasteiger partial charge in [-0.15, -0.1) is 0 Å². The summed E-state index contributed by atoms with van der Waals surface area (Å²) in [5.41, 5.74) is 1.17. The van der Waals surface area contributed by atoms with Crippen molar-refractivity contribution >= 4 is 8.07 Å². The maximum Gasteiger partial charge on any atom is 0.0620 e. The lowest BCUT2D eigenvalue weighted by Crippen LogP contribution is -2.31. The molecule has 0 radical (unpaired) electrons. The molecule has 2 unspecified atom stereocenters. The van der Waals surface area contributed by atoms with Crippen LogP contribution in [-0.4, -0.2) is 8.07 Å². The van der Waals surface area contributed by atoms with Gasteiger partial charge in [0.2, 0.25) is 0 Å². The lowest BCUT2D eigenvalue weighted by atomic mass is 10.2. The Balaban J connectivity index is 2.59. The summed E-state index contributed by atoms with van der Waals surface area (Å²) < 4.78 is 0. The molecular formula is C14H30Si. The van der Waals surface area contributed by atoms with Crippen molar-refractivity contribution in [3.05, 3.63) is 0 Å². The van der Waals surface area contributed by atoms with E-state index in [1.54, 1.807) is 12.1 Å². The summed E-state index contributed by atoms with van der Waals surface area (Å²) >= 11 is 0. The van der Waals surface area contributed by atoms with E-state index in [4.69, 9.17) is 0 Å². The van der Waals surface area contributed by atoms with Crippen molar-refractivity contribution in [2.45, 2.75) is 83.5 Å². The van der Waals surface area contributed by atoms with Crippen molar-refractivity contribution < 1.29 is 0 Å². The zero-order valence-electron chi connectivity index (χ0n) is 11.7. The highest BCUT2D eigenvalue weighted by atomic mass is 28.3. The highest BCUT2D eigenvalue weighted by Gasteiger charge is 2.61. The molecule has 0 N–H and O–H groups in total. The first-order valence-corrected chi connectivity index (χ1v) is 9.32. The Morgan fingerprint density at radius 1 is 1.27 bits per heavy atom. The molecule has 0 aromatic rings. The lowest BCUT2D eigenvalue weighted by molar-refractivity contribution is 0.655. The molecule has 90 valence electrons. The fourth-order valence-electron chi connectivity index (χ4n) is 3.41. The van der Waals surface area contributed by atoms with Gasteiger partial charge < -0.3 is 0 Å². The van der Waals surface area contributed by atoms with E-state index in [2.05, 4.69) is 41.5 Å². The minimum atomic E-state index is -0.885. The molecule has 1 heteroatoms. The minimum absolute atomic E-state index is 0.648. The van der Waals surface area contributed by atoms with Crippen LogP contribution in [0.3, 0.4) is 0 Å². The first kappa shape index (κ1) is 13.3. The molecule has 1 aliphatic heterocycles. The summed E-state index contributed by atoms with van der Waals surface area (Å²) in [5.74, 6) is 0.919. The van der Waals surface area contributed by atoms with E-state index >= 15 is 0 Å². The highest BCUT2D eigenvalue weighted by Crippen LogP contribution is 2.66. The van der Waals surface area contributed by atoms with Crippen molar-refractivity contribution in [3.8, 4) is 0 Å². The topological polar surface area (TPSA) is 0 Å². The Bertz CT molecular complexity index is 202. The molecule has 2 atom stereocenters. The van der Waals surface area contributed by atoms with Crippen molar-refractivity contribution in [1.82, 2.24) is 0 Å². The quantitative estimate of drug-likeness (QED) is 0.546. The maximum absolute atomic E-state index is 2.51. The van der Waals surface area contributed by atoms with Crippen LogP contribution in [0.1, 0.15) is 60.8 Å². The second kappa shape index (κ2) is 4.61. The normalized spacial score (nSPS) is 31.0. The molecule has 0 spiro atoms. The first-order valence-electron chi connectivity index (χ1n) is 6.83. The SMILES string of the molecule is CCCCC1C[Si]1(CC(C)C)C(C)(C)C. The fraction of sp³-hybridized carbons (Fsp3) is 1.00. The Kier molecular flexibility index (Phi) is 4.08. The van der Waals surface area contributed by atoms with Crippen molar-refractivity contribution in [2.75, 3.05) is 0 Å². The predicted molar refractivity (Wildman–Crippen MR) is 73.2 cm³/mol. The van der Waals surface area contributed by atoms with E-state index in [-0.39, 0.29) is 0 Å². The first-order chi connectivity index (χ1) is 6.83. The van der Waals surface area contributed by atoms with Gasteiger partial charge in [-0.1, -0.05) is 72.9 Å². The van der Waals surface area contributed by atoms with Crippen LogP contribution >= 0.6 is 0 Å². The van der Waals surface area contributed by atoms with Crippen LogP contribution in [0.15, 0.2) is 0 Å². The second-order valence-electron chi connectivity index (χ2n) is 7.05. The standard InChI is InChI=1S/C14H30Si/c1-7-8-9-13-11-15(13,10-12(2)3)14(4,5)6/h12-13H,7-11H2,1-6H3. The van der Waals surface area contributed by atoms with Crippen LogP contribution in [0, 0.1) is 5.92 Å². The third-order valence-electron chi connectivity index (χ3n) is 4.40. The number of rotatable bonds is 5. The van der Waals surface area contributed by atoms with E-state index in [1.165, 1.54) is 24.8 Å². The Labute approximate surface area is 97.9 Å². The molecular weight excluding hydrogens is 196 g/mol. The average Bonchev–Trinajstić information content (AvgIpc) is 2.74. The molecule has 1 saturated heterocycles. The Morgan fingerprint density at radius 2 is 1.87 bits per heavy atom. The van der Waals surface area contributed by atoms with Crippen molar-refractivity contribution in [2.24, 2.45) is 5.92 Å². The van der Waals surface area contributed by atoms with E-state index < -0.39 is 8.07 Å². The summed E-state index contributed by atoms with van der Waals surface area (Å²) in [6.45, 7) is 14.7. The molecule has 15 heavy (non-hydrogen) atoms. The average molecular weight is 226 g/mol. The molecule has 0 amide bonds. The van der Waals surface area contributed by atoms with E-state index in [9.17, 15) is 0 Å². The van der Waals surface area contributed by atoms with Gasteiger partial charge in [0, 0.05) is 0 Å². The van der Waals surface area contributed by atoms with E-state index in [0.29, 0.717) is 5.04 Å². The van der Waals surface area contributed by atoms with E-state index in [1.807, 2.05) is 0 Å². The summed E-state index contributed by atoms with van der Waals surface area (Å²) in [4.78, 5) is 0. The summed E-state index contributed by atoms with van der Waals surface area (Å²) in [6.07, 6.45) is 4.38. The predicted octanol–water partition coefficient (Wildman–Crippen LogP) is 5.47. The molecule has 1 heterocycles. The molecule has 0 saturated carbocycles. The number of hydrogen-bond donors (Lipinski definition) is 0. The van der Waals surface area contributed by atoms with Gasteiger partial charge >= 0.3 is 0 Å². The van der Waals surface area contributed by atoms with Crippen LogP contribution < -0.4 is 0 Å². The summed E-state index contributed by atoms with van der Waals surface area (Å²) in [6, 6.07) is 3.21. The summed E-state index contributed by atoms with van der Waals surface area (Å²) in [7, 11) is -0.885. The molecule has 0 nitrogen and oxygen atoms in total. The van der Waals surface area contributed by atoms with Crippen molar-refractivity contribution in [1.29, 1.82) is 0 Å². The highest BCUT2D eigenvalue weighted by molar-refractivity contribution is 6.93. The van der Waals surface area contributed by atoms with Crippen LogP contribution in [0.2, 0.25) is 22.7 Å². The van der Waals surface area contributed by atoms with Gasteiger partial charge in [0.25, 0.3) is 0 Å². The molecule has 1 fully saturated rings. The molecule has 0 aromatic heterocycles. The van der Waals surface area contributed by atoms with Gasteiger partial charge in [-0.3, -0.25) is 0 Å². The van der Waals surface area contributed by atoms with Gasteiger partial charge in [0.1, 0.15) is 0 Å². The Morgan fingerprint density at radius 3 is 2.27 bits per heavy atom. The third-order valence-corrected chi connectivity index (χ3v) is 11.7. The zero-order chi connectivity index (χ0) is 11.7. The molecule has 0 aliphatic carbocycles. The largest absolute Gasteiger partial charge is 0.0654 e. The maximum atomic E-state index is 2.51. The van der Waals surface area contributed by atoms with Crippen LogP contribution in [-0.2, 0) is 0 Å². The van der Waals surface area contributed by atoms with Crippen LogP contribution in [0.5, 0.6) is 0 Å². The van der Waals surface area contributed by atoms with Gasteiger partial charge in [-0.25, -0.2) is 0 Å². The Hall–Kier alpha value is 0.217. The number of unbranched alkanes of at least 4 members (excludes halogenated alkanes) is 1.